The molecule has 0 unspecified atom stereocenters. The SMILES string of the molecule is COc1cc(OC)c(CCNC(=O)O)c(OC)c1. The summed E-state index contributed by atoms with van der Waals surface area (Å²) in [6.45, 7) is 0.286. The molecule has 1 rings (SSSR count). The maximum atomic E-state index is 10.4. The van der Waals surface area contributed by atoms with E-state index in [-0.39, 0.29) is 6.54 Å². The van der Waals surface area contributed by atoms with Crippen LogP contribution in [0.5, 0.6) is 17.2 Å². The predicted molar refractivity (Wildman–Crippen MR) is 65.8 cm³/mol. The van der Waals surface area contributed by atoms with Gasteiger partial charge in [-0.1, -0.05) is 0 Å². The van der Waals surface area contributed by atoms with Gasteiger partial charge in [-0.25, -0.2) is 4.79 Å². The van der Waals surface area contributed by atoms with E-state index in [9.17, 15) is 4.79 Å². The number of rotatable bonds is 6. The summed E-state index contributed by atoms with van der Waals surface area (Å²) in [7, 11) is 4.64. The number of benzene rings is 1. The van der Waals surface area contributed by atoms with E-state index in [4.69, 9.17) is 19.3 Å². The van der Waals surface area contributed by atoms with Crippen LogP contribution in [0, 0.1) is 0 Å². The Morgan fingerprint density at radius 3 is 2.11 bits per heavy atom. The monoisotopic (exact) mass is 255 g/mol. The maximum absolute atomic E-state index is 10.4. The van der Waals surface area contributed by atoms with Crippen molar-refractivity contribution in [2.45, 2.75) is 6.42 Å². The molecule has 1 amide bonds. The number of amides is 1. The molecule has 0 saturated heterocycles. The highest BCUT2D eigenvalue weighted by atomic mass is 16.5. The van der Waals surface area contributed by atoms with Crippen molar-refractivity contribution < 1.29 is 24.1 Å². The average Bonchev–Trinajstić information content (AvgIpc) is 2.37. The van der Waals surface area contributed by atoms with E-state index in [0.717, 1.165) is 5.56 Å². The molecular formula is C12H17NO5. The van der Waals surface area contributed by atoms with Gasteiger partial charge in [0, 0.05) is 24.2 Å². The third-order valence-corrected chi connectivity index (χ3v) is 2.47. The van der Waals surface area contributed by atoms with Crippen LogP contribution in [0.15, 0.2) is 12.1 Å². The summed E-state index contributed by atoms with van der Waals surface area (Å²) in [5.41, 5.74) is 0.801. The quantitative estimate of drug-likeness (QED) is 0.806. The first-order valence-electron chi connectivity index (χ1n) is 5.38. The summed E-state index contributed by atoms with van der Waals surface area (Å²) >= 11 is 0. The summed E-state index contributed by atoms with van der Waals surface area (Å²) in [5, 5.41) is 10.8. The fourth-order valence-electron chi connectivity index (χ4n) is 1.62. The molecule has 2 N–H and O–H groups in total. The molecule has 0 heterocycles. The molecule has 0 aliphatic rings. The van der Waals surface area contributed by atoms with E-state index in [1.807, 2.05) is 0 Å². The molecule has 0 aliphatic carbocycles. The Balaban J connectivity index is 2.95. The van der Waals surface area contributed by atoms with E-state index in [2.05, 4.69) is 5.32 Å². The Kier molecular flexibility index (Phi) is 5.10. The van der Waals surface area contributed by atoms with Crippen molar-refractivity contribution in [2.75, 3.05) is 27.9 Å². The Labute approximate surface area is 105 Å². The summed E-state index contributed by atoms with van der Waals surface area (Å²) in [4.78, 5) is 10.4. The number of hydrogen-bond donors (Lipinski definition) is 2. The van der Waals surface area contributed by atoms with Crippen LogP contribution in [0.1, 0.15) is 5.56 Å². The lowest BCUT2D eigenvalue weighted by atomic mass is 10.1. The van der Waals surface area contributed by atoms with E-state index in [0.29, 0.717) is 23.7 Å². The minimum absolute atomic E-state index is 0.286. The molecule has 1 aromatic carbocycles. The van der Waals surface area contributed by atoms with Crippen LogP contribution >= 0.6 is 0 Å². The van der Waals surface area contributed by atoms with Crippen molar-refractivity contribution in [3.63, 3.8) is 0 Å². The number of carbonyl (C=O) groups is 1. The summed E-state index contributed by atoms with van der Waals surface area (Å²) < 4.78 is 15.6. The summed E-state index contributed by atoms with van der Waals surface area (Å²) in [5.74, 6) is 1.84. The van der Waals surface area contributed by atoms with Gasteiger partial charge in [-0.15, -0.1) is 0 Å². The molecule has 6 nitrogen and oxygen atoms in total. The zero-order valence-electron chi connectivity index (χ0n) is 10.6. The van der Waals surface area contributed by atoms with Gasteiger partial charge in [-0.3, -0.25) is 0 Å². The topological polar surface area (TPSA) is 77.0 Å². The second-order valence-corrected chi connectivity index (χ2v) is 3.49. The van der Waals surface area contributed by atoms with Crippen molar-refractivity contribution in [2.24, 2.45) is 0 Å². The zero-order valence-corrected chi connectivity index (χ0v) is 10.6. The fourth-order valence-corrected chi connectivity index (χ4v) is 1.62. The third-order valence-electron chi connectivity index (χ3n) is 2.47. The molecule has 6 heteroatoms. The minimum Gasteiger partial charge on any atom is -0.496 e. The lowest BCUT2D eigenvalue weighted by Gasteiger charge is -2.14. The molecular weight excluding hydrogens is 238 g/mol. The van der Waals surface area contributed by atoms with Gasteiger partial charge in [0.05, 0.1) is 21.3 Å². The van der Waals surface area contributed by atoms with Gasteiger partial charge in [0.2, 0.25) is 0 Å². The Morgan fingerprint density at radius 2 is 1.72 bits per heavy atom. The van der Waals surface area contributed by atoms with Crippen molar-refractivity contribution in [3.05, 3.63) is 17.7 Å². The van der Waals surface area contributed by atoms with Crippen LogP contribution in [-0.4, -0.2) is 39.1 Å². The first-order chi connectivity index (χ1) is 8.62. The largest absolute Gasteiger partial charge is 0.496 e. The summed E-state index contributed by atoms with van der Waals surface area (Å²) in [6.07, 6.45) is -0.579. The molecule has 0 atom stereocenters. The second-order valence-electron chi connectivity index (χ2n) is 3.49. The normalized spacial score (nSPS) is 9.72. The molecule has 0 aliphatic heterocycles. The van der Waals surface area contributed by atoms with Gasteiger partial charge in [-0.2, -0.15) is 0 Å². The number of ether oxygens (including phenoxy) is 3. The standard InChI is InChI=1S/C12H17NO5/c1-16-8-6-10(17-2)9(11(7-8)18-3)4-5-13-12(14)15/h6-7,13H,4-5H2,1-3H3,(H,14,15). The second kappa shape index (κ2) is 6.58. The van der Waals surface area contributed by atoms with Gasteiger partial charge in [0.1, 0.15) is 17.2 Å². The molecule has 0 radical (unpaired) electrons. The van der Waals surface area contributed by atoms with Crippen molar-refractivity contribution in [1.82, 2.24) is 5.32 Å². The van der Waals surface area contributed by atoms with E-state index < -0.39 is 6.09 Å². The van der Waals surface area contributed by atoms with Gasteiger partial charge >= 0.3 is 6.09 Å². The van der Waals surface area contributed by atoms with Gasteiger partial charge < -0.3 is 24.6 Å². The highest BCUT2D eigenvalue weighted by molar-refractivity contribution is 5.64. The Morgan fingerprint density at radius 1 is 1.17 bits per heavy atom. The van der Waals surface area contributed by atoms with Crippen molar-refractivity contribution in [3.8, 4) is 17.2 Å². The van der Waals surface area contributed by atoms with E-state index >= 15 is 0 Å². The van der Waals surface area contributed by atoms with Gasteiger partial charge in [0.25, 0.3) is 0 Å². The predicted octanol–water partition coefficient (Wildman–Crippen LogP) is 1.52. The molecule has 0 saturated carbocycles. The van der Waals surface area contributed by atoms with Crippen molar-refractivity contribution in [1.29, 1.82) is 0 Å². The van der Waals surface area contributed by atoms with Crippen LogP contribution in [0.4, 0.5) is 4.79 Å². The number of carboxylic acid groups (broad SMARTS) is 1. The Hall–Kier alpha value is -2.11. The molecule has 0 spiro atoms. The zero-order chi connectivity index (χ0) is 13.5. The Bertz CT molecular complexity index is 394. The molecule has 1 aromatic rings. The number of hydrogen-bond acceptors (Lipinski definition) is 4. The van der Waals surface area contributed by atoms with Crippen LogP contribution in [0.2, 0.25) is 0 Å². The smallest absolute Gasteiger partial charge is 0.404 e. The number of nitrogens with one attached hydrogen (secondary N) is 1. The molecule has 18 heavy (non-hydrogen) atoms. The molecule has 0 aromatic heterocycles. The van der Waals surface area contributed by atoms with E-state index in [1.54, 1.807) is 33.5 Å². The first-order valence-corrected chi connectivity index (χ1v) is 5.38. The van der Waals surface area contributed by atoms with Crippen LogP contribution in [-0.2, 0) is 6.42 Å². The highest BCUT2D eigenvalue weighted by Crippen LogP contribution is 2.34. The third kappa shape index (κ3) is 3.44. The molecule has 0 bridgehead atoms. The van der Waals surface area contributed by atoms with Crippen molar-refractivity contribution >= 4 is 6.09 Å². The fraction of sp³-hybridized carbons (Fsp3) is 0.417. The number of methoxy groups -OCH3 is 3. The van der Waals surface area contributed by atoms with Crippen LogP contribution < -0.4 is 19.5 Å². The lowest BCUT2D eigenvalue weighted by molar-refractivity contribution is 0.194. The average molecular weight is 255 g/mol. The van der Waals surface area contributed by atoms with Gasteiger partial charge in [0.15, 0.2) is 0 Å². The molecule has 100 valence electrons. The summed E-state index contributed by atoms with van der Waals surface area (Å²) in [6, 6.07) is 3.47. The lowest BCUT2D eigenvalue weighted by Crippen LogP contribution is -2.23. The first kappa shape index (κ1) is 14.0. The van der Waals surface area contributed by atoms with Gasteiger partial charge in [-0.05, 0) is 6.42 Å². The maximum Gasteiger partial charge on any atom is 0.404 e. The minimum atomic E-state index is -1.05. The molecule has 0 fully saturated rings. The van der Waals surface area contributed by atoms with Crippen LogP contribution in [0.25, 0.3) is 0 Å². The highest BCUT2D eigenvalue weighted by Gasteiger charge is 2.13. The van der Waals surface area contributed by atoms with E-state index in [1.165, 1.54) is 0 Å². The van der Waals surface area contributed by atoms with Crippen LogP contribution in [0.3, 0.4) is 0 Å².